The van der Waals surface area contributed by atoms with E-state index in [1.165, 1.54) is 33.1 Å². The lowest BCUT2D eigenvalue weighted by Gasteiger charge is -2.11. The highest BCUT2D eigenvalue weighted by molar-refractivity contribution is 8.15. The van der Waals surface area contributed by atoms with Crippen LogP contribution in [0.15, 0.2) is 51.0 Å². The third-order valence-corrected chi connectivity index (χ3v) is 4.83. The molecule has 3 rings (SSSR count). The molecule has 1 aromatic carbocycles. The summed E-state index contributed by atoms with van der Waals surface area (Å²) in [5, 5.41) is 4.26. The lowest BCUT2D eigenvalue weighted by molar-refractivity contribution is 0.183. The minimum absolute atomic E-state index is 0.325. The van der Waals surface area contributed by atoms with Crippen LogP contribution in [-0.4, -0.2) is 59.6 Å². The van der Waals surface area contributed by atoms with Crippen molar-refractivity contribution in [2.24, 2.45) is 9.98 Å². The number of thioether (sulfide) groups is 1. The molecule has 1 amide bonds. The second-order valence-electron chi connectivity index (χ2n) is 6.17. The fraction of sp³-hybridized carbons (Fsp3) is 0.238. The molecular formula is C21H21N5O5S. The van der Waals surface area contributed by atoms with Crippen molar-refractivity contribution in [2.75, 3.05) is 27.6 Å². The van der Waals surface area contributed by atoms with Gasteiger partial charge in [0, 0.05) is 24.2 Å². The van der Waals surface area contributed by atoms with E-state index < -0.39 is 6.09 Å². The van der Waals surface area contributed by atoms with Gasteiger partial charge in [-0.1, -0.05) is 5.16 Å². The molecule has 0 unspecified atom stereocenters. The van der Waals surface area contributed by atoms with Crippen LogP contribution in [0, 0.1) is 6.92 Å². The molecule has 0 bridgehead atoms. The highest BCUT2D eigenvalue weighted by Crippen LogP contribution is 2.27. The van der Waals surface area contributed by atoms with Crippen molar-refractivity contribution in [1.29, 1.82) is 0 Å². The number of hydrogen-bond donors (Lipinski definition) is 0. The van der Waals surface area contributed by atoms with Crippen molar-refractivity contribution >= 4 is 34.3 Å². The second-order valence-corrected chi connectivity index (χ2v) is 6.97. The Morgan fingerprint density at radius 3 is 2.44 bits per heavy atom. The Morgan fingerprint density at radius 2 is 1.88 bits per heavy atom. The molecule has 166 valence electrons. The Balaban J connectivity index is 2.08. The molecule has 0 N–H and O–H groups in total. The van der Waals surface area contributed by atoms with E-state index in [2.05, 4.69) is 24.9 Å². The van der Waals surface area contributed by atoms with Gasteiger partial charge in [0.25, 0.3) is 5.88 Å². The maximum absolute atomic E-state index is 11.8. The number of aliphatic imine (C=N–C) groups is 2. The van der Waals surface area contributed by atoms with Crippen LogP contribution < -0.4 is 9.47 Å². The summed E-state index contributed by atoms with van der Waals surface area (Å²) in [4.78, 5) is 29.0. The van der Waals surface area contributed by atoms with E-state index in [0.29, 0.717) is 45.4 Å². The topological polar surface area (TPSA) is 121 Å². The van der Waals surface area contributed by atoms with Crippen molar-refractivity contribution in [1.82, 2.24) is 15.1 Å². The van der Waals surface area contributed by atoms with Crippen LogP contribution >= 0.6 is 11.8 Å². The Morgan fingerprint density at radius 1 is 1.12 bits per heavy atom. The SMILES string of the molecule is COC(=O)/N=C(SC)/C(=N/c1ccc(-c2noc(C)n2)cc1)c1cnc(OC)c(OC)c1. The van der Waals surface area contributed by atoms with Gasteiger partial charge in [-0.25, -0.2) is 14.8 Å². The van der Waals surface area contributed by atoms with Gasteiger partial charge >= 0.3 is 6.09 Å². The largest absolute Gasteiger partial charge is 0.491 e. The van der Waals surface area contributed by atoms with E-state index in [1.54, 1.807) is 37.6 Å². The van der Waals surface area contributed by atoms with E-state index >= 15 is 0 Å². The number of nitrogens with zero attached hydrogens (tertiary/aromatic N) is 5. The summed E-state index contributed by atoms with van der Waals surface area (Å²) in [6.07, 6.45) is 2.62. The van der Waals surface area contributed by atoms with E-state index in [4.69, 9.17) is 19.0 Å². The van der Waals surface area contributed by atoms with E-state index in [-0.39, 0.29) is 0 Å². The van der Waals surface area contributed by atoms with E-state index in [9.17, 15) is 4.79 Å². The molecule has 0 saturated heterocycles. The zero-order chi connectivity index (χ0) is 23.1. The molecule has 11 heteroatoms. The van der Waals surface area contributed by atoms with Gasteiger partial charge in [-0.3, -0.25) is 0 Å². The Labute approximate surface area is 188 Å². The zero-order valence-corrected chi connectivity index (χ0v) is 19.0. The molecule has 32 heavy (non-hydrogen) atoms. The number of rotatable bonds is 6. The van der Waals surface area contributed by atoms with Gasteiger partial charge < -0.3 is 18.7 Å². The summed E-state index contributed by atoms with van der Waals surface area (Å²) in [5.74, 6) is 1.71. The monoisotopic (exact) mass is 455 g/mol. The number of carbonyl (C=O) groups excluding carboxylic acids is 1. The van der Waals surface area contributed by atoms with Gasteiger partial charge in [0.15, 0.2) is 5.75 Å². The number of aromatic nitrogens is 3. The fourth-order valence-electron chi connectivity index (χ4n) is 2.65. The summed E-state index contributed by atoms with van der Waals surface area (Å²) in [5.41, 5.74) is 2.39. The standard InChI is InChI=1S/C21H21N5O5S/c1-12-23-18(26-31-12)13-6-8-15(9-7-13)24-17(20(32-5)25-21(27)30-4)14-10-16(28-2)19(29-3)22-11-14/h6-11H,1-5H3/b24-17+,25-20-. The second kappa shape index (κ2) is 10.5. The average Bonchev–Trinajstić information content (AvgIpc) is 3.27. The molecule has 0 aliphatic carbocycles. The maximum Gasteiger partial charge on any atom is 0.434 e. The maximum atomic E-state index is 11.8. The minimum Gasteiger partial charge on any atom is -0.491 e. The lowest BCUT2D eigenvalue weighted by Crippen LogP contribution is -2.15. The summed E-state index contributed by atoms with van der Waals surface area (Å²) in [7, 11) is 4.27. The molecule has 0 radical (unpaired) electrons. The molecule has 0 aliphatic heterocycles. The minimum atomic E-state index is -0.738. The molecule has 0 fully saturated rings. The first-order valence-corrected chi connectivity index (χ1v) is 10.5. The third-order valence-electron chi connectivity index (χ3n) is 4.16. The van der Waals surface area contributed by atoms with Crippen LogP contribution in [0.2, 0.25) is 0 Å². The fourth-order valence-corrected chi connectivity index (χ4v) is 3.17. The first kappa shape index (κ1) is 22.9. The number of benzene rings is 1. The molecular weight excluding hydrogens is 434 g/mol. The van der Waals surface area contributed by atoms with Gasteiger partial charge in [-0.05, 0) is 36.6 Å². The van der Waals surface area contributed by atoms with Gasteiger partial charge in [0.2, 0.25) is 11.7 Å². The van der Waals surface area contributed by atoms with Crippen LogP contribution in [-0.2, 0) is 4.74 Å². The van der Waals surface area contributed by atoms with Crippen molar-refractivity contribution in [3.05, 3.63) is 48.0 Å². The van der Waals surface area contributed by atoms with Crippen LogP contribution in [0.3, 0.4) is 0 Å². The Hall–Kier alpha value is -3.73. The highest BCUT2D eigenvalue weighted by Gasteiger charge is 2.18. The number of ether oxygens (including phenoxy) is 3. The predicted molar refractivity (Wildman–Crippen MR) is 121 cm³/mol. The Kier molecular flexibility index (Phi) is 7.55. The molecule has 10 nitrogen and oxygen atoms in total. The summed E-state index contributed by atoms with van der Waals surface area (Å²) in [6, 6.07) is 8.95. The summed E-state index contributed by atoms with van der Waals surface area (Å²) in [6.45, 7) is 1.73. The number of carbonyl (C=O) groups is 1. The highest BCUT2D eigenvalue weighted by atomic mass is 32.2. The summed E-state index contributed by atoms with van der Waals surface area (Å²) >= 11 is 1.25. The van der Waals surface area contributed by atoms with Gasteiger partial charge in [0.05, 0.1) is 27.0 Å². The van der Waals surface area contributed by atoms with E-state index in [1.807, 2.05) is 12.1 Å². The number of methoxy groups -OCH3 is 3. The first-order valence-electron chi connectivity index (χ1n) is 9.27. The molecule has 0 atom stereocenters. The number of aryl methyl sites for hydroxylation is 1. The molecule has 2 heterocycles. The first-order chi connectivity index (χ1) is 15.5. The zero-order valence-electron chi connectivity index (χ0n) is 18.1. The summed E-state index contributed by atoms with van der Waals surface area (Å²) < 4.78 is 20.3. The molecule has 2 aromatic heterocycles. The molecule has 0 spiro atoms. The smallest absolute Gasteiger partial charge is 0.434 e. The quantitative estimate of drug-likeness (QED) is 0.399. The normalized spacial score (nSPS) is 11.9. The third kappa shape index (κ3) is 5.30. The average molecular weight is 455 g/mol. The number of amides is 1. The van der Waals surface area contributed by atoms with Crippen molar-refractivity contribution in [3.63, 3.8) is 0 Å². The number of hydrogen-bond acceptors (Lipinski definition) is 10. The molecule has 0 aliphatic rings. The van der Waals surface area contributed by atoms with Crippen LogP contribution in [0.25, 0.3) is 11.4 Å². The van der Waals surface area contributed by atoms with Gasteiger partial charge in [-0.15, -0.1) is 11.8 Å². The Bertz CT molecular complexity index is 1160. The lowest BCUT2D eigenvalue weighted by atomic mass is 10.1. The predicted octanol–water partition coefficient (Wildman–Crippen LogP) is 4.11. The van der Waals surface area contributed by atoms with Crippen LogP contribution in [0.1, 0.15) is 11.5 Å². The van der Waals surface area contributed by atoms with Crippen molar-refractivity contribution in [2.45, 2.75) is 6.92 Å². The van der Waals surface area contributed by atoms with E-state index in [0.717, 1.165) is 5.56 Å². The van der Waals surface area contributed by atoms with Gasteiger partial charge in [0.1, 0.15) is 10.8 Å². The van der Waals surface area contributed by atoms with Crippen molar-refractivity contribution in [3.8, 4) is 23.0 Å². The van der Waals surface area contributed by atoms with Crippen LogP contribution in [0.4, 0.5) is 10.5 Å². The molecule has 3 aromatic rings. The molecule has 0 saturated carbocycles. The van der Waals surface area contributed by atoms with Crippen molar-refractivity contribution < 1.29 is 23.5 Å². The number of pyridine rings is 1. The van der Waals surface area contributed by atoms with Crippen LogP contribution in [0.5, 0.6) is 11.6 Å². The van der Waals surface area contributed by atoms with Gasteiger partial charge in [-0.2, -0.15) is 9.98 Å².